The smallest absolute Gasteiger partial charge is 0.330 e. The molecule has 0 N–H and O–H groups in total. The minimum Gasteiger partial charge on any atom is -0.493 e. The predicted molar refractivity (Wildman–Crippen MR) is 165 cm³/mol. The highest BCUT2D eigenvalue weighted by Gasteiger charge is 2.14. The van der Waals surface area contributed by atoms with Crippen molar-refractivity contribution in [2.45, 2.75) is 46.6 Å². The van der Waals surface area contributed by atoms with Crippen LogP contribution in [0.15, 0.2) is 83.3 Å². The van der Waals surface area contributed by atoms with E-state index in [1.54, 1.807) is 19.9 Å². The molecule has 8 nitrogen and oxygen atoms in total. The van der Waals surface area contributed by atoms with Crippen LogP contribution >= 0.6 is 0 Å². The molecule has 1 aromatic heterocycles. The van der Waals surface area contributed by atoms with Gasteiger partial charge >= 0.3 is 11.9 Å². The number of carbonyl (C=O) groups is 2. The van der Waals surface area contributed by atoms with Crippen molar-refractivity contribution in [1.82, 2.24) is 4.98 Å². The van der Waals surface area contributed by atoms with Crippen LogP contribution in [0.2, 0.25) is 0 Å². The van der Waals surface area contributed by atoms with Gasteiger partial charge in [-0.1, -0.05) is 36.4 Å². The number of oxazole rings is 1. The molecule has 0 aliphatic heterocycles. The molecule has 0 bridgehead atoms. The van der Waals surface area contributed by atoms with Gasteiger partial charge in [0.15, 0.2) is 0 Å². The largest absolute Gasteiger partial charge is 0.493 e. The minimum absolute atomic E-state index is 0.195. The molecule has 0 saturated carbocycles. The predicted octanol–water partition coefficient (Wildman–Crippen LogP) is 7.24. The Balaban J connectivity index is 1.32. The molecule has 0 aliphatic carbocycles. The standard InChI is InChI=1S/C35H37NO7/c1-5-39-33(37)19-12-26-10-13-27(14-11-26)28-8-7-9-29(23-28)35-36-32(25(4)43-35)20-21-41-30-15-17-31(18-16-30)42-24(3)22-34(38)40-6-2/h7-19,23-24H,5-6,20-22H2,1-4H3. The lowest BCUT2D eigenvalue weighted by Crippen LogP contribution is -2.18. The van der Waals surface area contributed by atoms with Crippen LogP contribution in [-0.4, -0.2) is 42.8 Å². The summed E-state index contributed by atoms with van der Waals surface area (Å²) in [5.41, 5.74) is 4.70. The van der Waals surface area contributed by atoms with Gasteiger partial charge in [0.1, 0.15) is 23.4 Å². The van der Waals surface area contributed by atoms with Gasteiger partial charge in [-0.05, 0) is 86.9 Å². The molecular formula is C35H37NO7. The Hall–Kier alpha value is -4.85. The van der Waals surface area contributed by atoms with Crippen molar-refractivity contribution in [1.29, 1.82) is 0 Å². The number of ether oxygens (including phenoxy) is 4. The van der Waals surface area contributed by atoms with E-state index >= 15 is 0 Å². The number of aromatic nitrogens is 1. The van der Waals surface area contributed by atoms with E-state index in [0.717, 1.165) is 33.7 Å². The first-order valence-corrected chi connectivity index (χ1v) is 14.4. The normalized spacial score (nSPS) is 11.7. The maximum Gasteiger partial charge on any atom is 0.330 e. The van der Waals surface area contributed by atoms with E-state index in [9.17, 15) is 9.59 Å². The van der Waals surface area contributed by atoms with Crippen molar-refractivity contribution in [3.05, 3.63) is 95.9 Å². The van der Waals surface area contributed by atoms with Crippen LogP contribution in [0, 0.1) is 6.92 Å². The molecule has 8 heteroatoms. The topological polar surface area (TPSA) is 97.1 Å². The lowest BCUT2D eigenvalue weighted by atomic mass is 10.0. The second-order valence-corrected chi connectivity index (χ2v) is 9.82. The molecule has 1 atom stereocenters. The number of hydrogen-bond acceptors (Lipinski definition) is 8. The second kappa shape index (κ2) is 15.4. The van der Waals surface area contributed by atoms with E-state index in [4.69, 9.17) is 28.3 Å². The van der Waals surface area contributed by atoms with E-state index in [1.807, 2.05) is 86.6 Å². The molecule has 4 aromatic rings. The van der Waals surface area contributed by atoms with Crippen LogP contribution in [0.25, 0.3) is 28.7 Å². The second-order valence-electron chi connectivity index (χ2n) is 9.82. The molecule has 43 heavy (non-hydrogen) atoms. The number of carbonyl (C=O) groups excluding carboxylic acids is 2. The SMILES string of the molecule is CCOC(=O)C=Cc1ccc(-c2cccc(-c3nc(CCOc4ccc(OC(C)CC(=O)OCC)cc4)c(C)o3)c2)cc1. The molecule has 0 saturated heterocycles. The van der Waals surface area contributed by atoms with Crippen LogP contribution in [0.4, 0.5) is 0 Å². The molecular weight excluding hydrogens is 546 g/mol. The van der Waals surface area contributed by atoms with Gasteiger partial charge in [0.25, 0.3) is 0 Å². The first-order chi connectivity index (χ1) is 20.8. The number of esters is 2. The number of aryl methyl sites for hydroxylation is 1. The Kier molecular flexibility index (Phi) is 11.1. The summed E-state index contributed by atoms with van der Waals surface area (Å²) in [7, 11) is 0. The summed E-state index contributed by atoms with van der Waals surface area (Å²) in [5.74, 6) is 2.04. The van der Waals surface area contributed by atoms with Crippen molar-refractivity contribution in [2.24, 2.45) is 0 Å². The highest BCUT2D eigenvalue weighted by Crippen LogP contribution is 2.28. The molecule has 3 aromatic carbocycles. The average Bonchev–Trinajstić information content (AvgIpc) is 3.37. The summed E-state index contributed by atoms with van der Waals surface area (Å²) in [6.07, 6.45) is 3.66. The molecule has 4 rings (SSSR count). The van der Waals surface area contributed by atoms with E-state index in [2.05, 4.69) is 0 Å². The quantitative estimate of drug-likeness (QED) is 0.113. The van der Waals surface area contributed by atoms with Crippen molar-refractivity contribution in [3.8, 4) is 34.1 Å². The third-order valence-corrected chi connectivity index (χ3v) is 6.47. The Labute approximate surface area is 252 Å². The van der Waals surface area contributed by atoms with E-state index < -0.39 is 0 Å². The number of hydrogen-bond donors (Lipinski definition) is 0. The highest BCUT2D eigenvalue weighted by molar-refractivity contribution is 5.87. The van der Waals surface area contributed by atoms with Gasteiger partial charge in [-0.3, -0.25) is 4.79 Å². The first kappa shape index (κ1) is 31.1. The van der Waals surface area contributed by atoms with Crippen molar-refractivity contribution in [3.63, 3.8) is 0 Å². The monoisotopic (exact) mass is 583 g/mol. The molecule has 0 amide bonds. The molecule has 1 heterocycles. The Bertz CT molecular complexity index is 1520. The highest BCUT2D eigenvalue weighted by atomic mass is 16.5. The third kappa shape index (κ3) is 9.33. The maximum atomic E-state index is 11.6. The summed E-state index contributed by atoms with van der Waals surface area (Å²) < 4.78 is 27.6. The Morgan fingerprint density at radius 1 is 0.884 bits per heavy atom. The number of benzene rings is 3. The Morgan fingerprint density at radius 3 is 2.30 bits per heavy atom. The van der Waals surface area contributed by atoms with Crippen molar-refractivity contribution >= 4 is 18.0 Å². The van der Waals surface area contributed by atoms with Crippen LogP contribution in [0.3, 0.4) is 0 Å². The maximum absolute atomic E-state index is 11.6. The fourth-order valence-electron chi connectivity index (χ4n) is 4.37. The summed E-state index contributed by atoms with van der Waals surface area (Å²) in [6.45, 7) is 8.44. The molecule has 224 valence electrons. The van der Waals surface area contributed by atoms with Crippen LogP contribution in [0.1, 0.15) is 44.2 Å². The third-order valence-electron chi connectivity index (χ3n) is 6.47. The molecule has 0 fully saturated rings. The number of rotatable bonds is 14. The van der Waals surface area contributed by atoms with Crippen LogP contribution in [0.5, 0.6) is 11.5 Å². The zero-order valence-electron chi connectivity index (χ0n) is 25.0. The van der Waals surface area contributed by atoms with Gasteiger partial charge in [0.2, 0.25) is 5.89 Å². The van der Waals surface area contributed by atoms with Crippen LogP contribution in [-0.2, 0) is 25.5 Å². The van der Waals surface area contributed by atoms with Gasteiger partial charge in [0, 0.05) is 18.1 Å². The van der Waals surface area contributed by atoms with Crippen molar-refractivity contribution in [2.75, 3.05) is 19.8 Å². The molecule has 1 unspecified atom stereocenters. The zero-order valence-corrected chi connectivity index (χ0v) is 25.0. The van der Waals surface area contributed by atoms with E-state index in [1.165, 1.54) is 6.08 Å². The molecule has 0 spiro atoms. The van der Waals surface area contributed by atoms with E-state index in [0.29, 0.717) is 43.6 Å². The van der Waals surface area contributed by atoms with Gasteiger partial charge in [-0.25, -0.2) is 9.78 Å². The average molecular weight is 584 g/mol. The van der Waals surface area contributed by atoms with Gasteiger partial charge in [0.05, 0.1) is 31.9 Å². The first-order valence-electron chi connectivity index (χ1n) is 14.4. The molecule has 0 radical (unpaired) electrons. The van der Waals surface area contributed by atoms with Gasteiger partial charge in [-0.15, -0.1) is 0 Å². The van der Waals surface area contributed by atoms with E-state index in [-0.39, 0.29) is 24.5 Å². The Morgan fingerprint density at radius 2 is 1.58 bits per heavy atom. The molecule has 0 aliphatic rings. The summed E-state index contributed by atoms with van der Waals surface area (Å²) >= 11 is 0. The lowest BCUT2D eigenvalue weighted by Gasteiger charge is -2.14. The summed E-state index contributed by atoms with van der Waals surface area (Å²) in [6, 6.07) is 23.3. The fraction of sp³-hybridized carbons (Fsp3) is 0.286. The van der Waals surface area contributed by atoms with Crippen molar-refractivity contribution < 1.29 is 33.0 Å². The summed E-state index contributed by atoms with van der Waals surface area (Å²) in [5, 5.41) is 0. The van der Waals surface area contributed by atoms with Gasteiger partial charge < -0.3 is 23.4 Å². The van der Waals surface area contributed by atoms with Gasteiger partial charge in [-0.2, -0.15) is 0 Å². The number of nitrogens with zero attached hydrogens (tertiary/aromatic N) is 1. The zero-order chi connectivity index (χ0) is 30.6. The summed E-state index contributed by atoms with van der Waals surface area (Å²) in [4.78, 5) is 27.9. The van der Waals surface area contributed by atoms with Crippen LogP contribution < -0.4 is 9.47 Å². The fourth-order valence-corrected chi connectivity index (χ4v) is 4.37. The minimum atomic E-state index is -0.356. The lowest BCUT2D eigenvalue weighted by molar-refractivity contribution is -0.144.